The molecule has 0 aromatic heterocycles. The highest BCUT2D eigenvalue weighted by Crippen LogP contribution is 2.29. The summed E-state index contributed by atoms with van der Waals surface area (Å²) in [5, 5.41) is 0. The van der Waals surface area contributed by atoms with Crippen LogP contribution in [0.25, 0.3) is 6.08 Å². The largest absolute Gasteiger partial charge is 0.493 e. The van der Waals surface area contributed by atoms with Crippen LogP contribution in [0.5, 0.6) is 11.5 Å². The van der Waals surface area contributed by atoms with E-state index < -0.39 is 12.6 Å². The predicted molar refractivity (Wildman–Crippen MR) is 86.1 cm³/mol. The molecule has 0 saturated heterocycles. The van der Waals surface area contributed by atoms with Gasteiger partial charge in [0, 0.05) is 6.08 Å². The minimum Gasteiger partial charge on any atom is -0.493 e. The van der Waals surface area contributed by atoms with Crippen LogP contribution >= 0.6 is 0 Å². The molecular formula is C18H20F2O4. The van der Waals surface area contributed by atoms with Gasteiger partial charge in [-0.2, -0.15) is 8.78 Å². The van der Waals surface area contributed by atoms with E-state index in [1.807, 2.05) is 0 Å². The maximum Gasteiger partial charge on any atom is 0.387 e. The monoisotopic (exact) mass is 338 g/mol. The third-order valence-corrected chi connectivity index (χ3v) is 3.65. The van der Waals surface area contributed by atoms with E-state index in [9.17, 15) is 13.6 Å². The highest BCUT2D eigenvalue weighted by atomic mass is 19.3. The number of carbonyl (C=O) groups excluding carboxylic acids is 1. The van der Waals surface area contributed by atoms with Crippen LogP contribution in [-0.2, 0) is 9.53 Å². The quantitative estimate of drug-likeness (QED) is 0.424. The summed E-state index contributed by atoms with van der Waals surface area (Å²) in [4.78, 5) is 11.7. The Labute approximate surface area is 139 Å². The fourth-order valence-corrected chi connectivity index (χ4v) is 2.40. The SMILES string of the molecule is COc1cc(/C=C/C(=O)OCC2CC=CCC2)ccc1OC(F)F. The summed E-state index contributed by atoms with van der Waals surface area (Å²) in [6, 6.07) is 4.42. The molecule has 0 radical (unpaired) electrons. The van der Waals surface area contributed by atoms with Crippen LogP contribution in [0.3, 0.4) is 0 Å². The van der Waals surface area contributed by atoms with Gasteiger partial charge in [0.1, 0.15) is 0 Å². The molecule has 1 aliphatic carbocycles. The second-order valence-electron chi connectivity index (χ2n) is 5.40. The van der Waals surface area contributed by atoms with Crippen molar-refractivity contribution in [2.45, 2.75) is 25.9 Å². The number of ether oxygens (including phenoxy) is 3. The van der Waals surface area contributed by atoms with Crippen LogP contribution in [0.4, 0.5) is 8.78 Å². The molecule has 1 atom stereocenters. The first-order chi connectivity index (χ1) is 11.6. The Balaban J connectivity index is 1.90. The number of esters is 1. The molecule has 1 aliphatic rings. The van der Waals surface area contributed by atoms with Gasteiger partial charge in [-0.15, -0.1) is 0 Å². The van der Waals surface area contributed by atoms with Gasteiger partial charge in [-0.05, 0) is 49.0 Å². The zero-order valence-electron chi connectivity index (χ0n) is 13.4. The van der Waals surface area contributed by atoms with Gasteiger partial charge in [0.05, 0.1) is 13.7 Å². The smallest absolute Gasteiger partial charge is 0.387 e. The van der Waals surface area contributed by atoms with Crippen LogP contribution in [0.2, 0.25) is 0 Å². The second kappa shape index (κ2) is 9.05. The minimum absolute atomic E-state index is 0.0578. The van der Waals surface area contributed by atoms with Crippen molar-refractivity contribution in [3.05, 3.63) is 42.0 Å². The third-order valence-electron chi connectivity index (χ3n) is 3.65. The molecule has 1 aromatic rings. The van der Waals surface area contributed by atoms with Crippen molar-refractivity contribution in [1.29, 1.82) is 0 Å². The standard InChI is InChI=1S/C18H20F2O4/c1-22-16-11-13(7-9-15(16)24-18(19)20)8-10-17(21)23-12-14-5-3-2-4-6-14/h2-3,7-11,14,18H,4-6,12H2,1H3/b10-8+. The zero-order chi connectivity index (χ0) is 17.4. The maximum atomic E-state index is 12.3. The molecule has 2 rings (SSSR count). The minimum atomic E-state index is -2.93. The first-order valence-electron chi connectivity index (χ1n) is 7.71. The molecule has 0 bridgehead atoms. The van der Waals surface area contributed by atoms with Crippen molar-refractivity contribution in [3.8, 4) is 11.5 Å². The van der Waals surface area contributed by atoms with Crippen LogP contribution in [-0.4, -0.2) is 26.3 Å². The molecule has 4 nitrogen and oxygen atoms in total. The number of allylic oxidation sites excluding steroid dienone is 2. The predicted octanol–water partition coefficient (Wildman–Crippen LogP) is 4.21. The lowest BCUT2D eigenvalue weighted by atomic mass is 9.95. The van der Waals surface area contributed by atoms with E-state index in [-0.39, 0.29) is 11.5 Å². The van der Waals surface area contributed by atoms with E-state index in [1.165, 1.54) is 31.4 Å². The maximum absolute atomic E-state index is 12.3. The lowest BCUT2D eigenvalue weighted by molar-refractivity contribution is -0.139. The van der Waals surface area contributed by atoms with Gasteiger partial charge in [0.15, 0.2) is 11.5 Å². The lowest BCUT2D eigenvalue weighted by Gasteiger charge is -2.16. The summed E-state index contributed by atoms with van der Waals surface area (Å²) in [5.41, 5.74) is 0.617. The number of hydrogen-bond donors (Lipinski definition) is 0. The third kappa shape index (κ3) is 5.68. The van der Waals surface area contributed by atoms with Gasteiger partial charge >= 0.3 is 12.6 Å². The topological polar surface area (TPSA) is 44.8 Å². The summed E-state index contributed by atoms with van der Waals surface area (Å²) >= 11 is 0. The van der Waals surface area contributed by atoms with E-state index in [0.717, 1.165) is 19.3 Å². The van der Waals surface area contributed by atoms with Gasteiger partial charge in [-0.3, -0.25) is 0 Å². The average Bonchev–Trinajstić information content (AvgIpc) is 2.59. The van der Waals surface area contributed by atoms with Crippen molar-refractivity contribution in [2.75, 3.05) is 13.7 Å². The average molecular weight is 338 g/mol. The van der Waals surface area contributed by atoms with Gasteiger partial charge < -0.3 is 14.2 Å². The van der Waals surface area contributed by atoms with Crippen LogP contribution < -0.4 is 9.47 Å². The Morgan fingerprint density at radius 3 is 2.83 bits per heavy atom. The molecule has 6 heteroatoms. The van der Waals surface area contributed by atoms with E-state index in [2.05, 4.69) is 16.9 Å². The number of rotatable bonds is 7. The van der Waals surface area contributed by atoms with E-state index in [4.69, 9.17) is 9.47 Å². The summed E-state index contributed by atoms with van der Waals surface area (Å²) in [7, 11) is 1.36. The first kappa shape index (κ1) is 18.0. The van der Waals surface area contributed by atoms with Crippen molar-refractivity contribution >= 4 is 12.0 Å². The molecule has 0 spiro atoms. The van der Waals surface area contributed by atoms with E-state index in [0.29, 0.717) is 18.1 Å². The highest BCUT2D eigenvalue weighted by molar-refractivity contribution is 5.87. The first-order valence-corrected chi connectivity index (χ1v) is 7.71. The van der Waals surface area contributed by atoms with Crippen molar-refractivity contribution in [2.24, 2.45) is 5.92 Å². The van der Waals surface area contributed by atoms with Crippen molar-refractivity contribution in [3.63, 3.8) is 0 Å². The fraction of sp³-hybridized carbons (Fsp3) is 0.389. The summed E-state index contributed by atoms with van der Waals surface area (Å²) in [5.74, 6) is 0.0482. The van der Waals surface area contributed by atoms with Crippen LogP contribution in [0.15, 0.2) is 36.4 Å². The number of methoxy groups -OCH3 is 1. The van der Waals surface area contributed by atoms with Gasteiger partial charge in [-0.25, -0.2) is 4.79 Å². The Bertz CT molecular complexity index is 611. The summed E-state index contributed by atoms with van der Waals surface area (Å²) < 4.78 is 39.1. The zero-order valence-corrected chi connectivity index (χ0v) is 13.4. The molecule has 1 aromatic carbocycles. The molecule has 24 heavy (non-hydrogen) atoms. The molecule has 0 amide bonds. The van der Waals surface area contributed by atoms with Gasteiger partial charge in [0.25, 0.3) is 0 Å². The van der Waals surface area contributed by atoms with Crippen molar-refractivity contribution in [1.82, 2.24) is 0 Å². The fourth-order valence-electron chi connectivity index (χ4n) is 2.40. The molecule has 130 valence electrons. The Kier molecular flexibility index (Phi) is 6.78. The van der Waals surface area contributed by atoms with E-state index >= 15 is 0 Å². The molecular weight excluding hydrogens is 318 g/mol. The molecule has 0 N–H and O–H groups in total. The van der Waals surface area contributed by atoms with Crippen LogP contribution in [0, 0.1) is 5.92 Å². The highest BCUT2D eigenvalue weighted by Gasteiger charge is 2.12. The summed E-state index contributed by atoms with van der Waals surface area (Å²) in [6.45, 7) is -2.53. The second-order valence-corrected chi connectivity index (χ2v) is 5.40. The molecule has 0 heterocycles. The normalized spacial score (nSPS) is 17.2. The number of benzene rings is 1. The summed E-state index contributed by atoms with van der Waals surface area (Å²) in [6.07, 6.45) is 10.1. The number of halogens is 2. The van der Waals surface area contributed by atoms with Gasteiger partial charge in [-0.1, -0.05) is 18.2 Å². The number of alkyl halides is 2. The van der Waals surface area contributed by atoms with Crippen molar-refractivity contribution < 1.29 is 27.8 Å². The molecule has 0 saturated carbocycles. The molecule has 0 fully saturated rings. The van der Waals surface area contributed by atoms with Crippen LogP contribution in [0.1, 0.15) is 24.8 Å². The molecule has 1 unspecified atom stereocenters. The van der Waals surface area contributed by atoms with E-state index in [1.54, 1.807) is 6.07 Å². The van der Waals surface area contributed by atoms with Gasteiger partial charge in [0.2, 0.25) is 0 Å². The number of carbonyl (C=O) groups is 1. The Morgan fingerprint density at radius 2 is 2.17 bits per heavy atom. The molecule has 0 aliphatic heterocycles. The Hall–Kier alpha value is -2.37. The number of hydrogen-bond acceptors (Lipinski definition) is 4. The Morgan fingerprint density at radius 1 is 1.33 bits per heavy atom. The lowest BCUT2D eigenvalue weighted by Crippen LogP contribution is -2.13.